The van der Waals surface area contributed by atoms with Gasteiger partial charge >= 0.3 is 0 Å². The van der Waals surface area contributed by atoms with E-state index in [1.165, 1.54) is 4.90 Å². The van der Waals surface area contributed by atoms with Crippen LogP contribution in [0.3, 0.4) is 0 Å². The summed E-state index contributed by atoms with van der Waals surface area (Å²) in [4.78, 5) is 22.8. The third-order valence-electron chi connectivity index (χ3n) is 6.45. The van der Waals surface area contributed by atoms with Crippen LogP contribution in [0.4, 0.5) is 17.2 Å². The first-order valence-corrected chi connectivity index (χ1v) is 13.1. The Balaban J connectivity index is 1.41. The summed E-state index contributed by atoms with van der Waals surface area (Å²) in [5, 5.41) is 18.1. The normalized spacial score (nSPS) is 16.3. The highest BCUT2D eigenvalue weighted by molar-refractivity contribution is 7.99. The minimum Gasteiger partial charge on any atom is -0.396 e. The predicted octanol–water partition coefficient (Wildman–Crippen LogP) is 5.87. The van der Waals surface area contributed by atoms with Gasteiger partial charge in [-0.25, -0.2) is 9.97 Å². The summed E-state index contributed by atoms with van der Waals surface area (Å²) >= 11 is 1.83. The molecule has 0 spiro atoms. The third kappa shape index (κ3) is 5.17. The molecule has 1 aliphatic rings. The van der Waals surface area contributed by atoms with Crippen molar-refractivity contribution in [2.45, 2.75) is 42.8 Å². The maximum Gasteiger partial charge on any atom is 0.234 e. The molecule has 0 fully saturated rings. The lowest BCUT2D eigenvalue weighted by atomic mass is 9.81. The van der Waals surface area contributed by atoms with E-state index in [9.17, 15) is 9.90 Å². The van der Waals surface area contributed by atoms with Crippen molar-refractivity contribution in [3.8, 4) is 11.8 Å². The largest absolute Gasteiger partial charge is 0.396 e. The molecule has 1 aliphatic heterocycles. The van der Waals surface area contributed by atoms with Crippen LogP contribution in [0.1, 0.15) is 44.0 Å². The van der Waals surface area contributed by atoms with E-state index in [0.717, 1.165) is 39.1 Å². The first kappa shape index (κ1) is 24.8. The number of nitrogens with zero attached hydrogens (tertiary/aromatic N) is 2. The Bertz CT molecular complexity index is 1540. The van der Waals surface area contributed by atoms with Gasteiger partial charge in [-0.15, -0.1) is 11.8 Å². The van der Waals surface area contributed by atoms with Gasteiger partial charge in [0, 0.05) is 56.9 Å². The molecular formula is C30H28N4O2S. The number of rotatable bonds is 6. The zero-order valence-electron chi connectivity index (χ0n) is 21.0. The Morgan fingerprint density at radius 2 is 1.89 bits per heavy atom. The van der Waals surface area contributed by atoms with Gasteiger partial charge in [-0.1, -0.05) is 25.8 Å². The number of aliphatic hydroxyl groups is 1. The van der Waals surface area contributed by atoms with E-state index >= 15 is 0 Å². The smallest absolute Gasteiger partial charge is 0.234 e. The van der Waals surface area contributed by atoms with Gasteiger partial charge in [-0.3, -0.25) is 4.79 Å². The molecule has 0 saturated heterocycles. The van der Waals surface area contributed by atoms with Gasteiger partial charge in [0.05, 0.1) is 5.41 Å². The molecule has 0 aliphatic carbocycles. The summed E-state index contributed by atoms with van der Waals surface area (Å²) < 4.78 is 0. The van der Waals surface area contributed by atoms with Gasteiger partial charge in [-0.2, -0.15) is 0 Å². The lowest BCUT2D eigenvalue weighted by molar-refractivity contribution is -0.120. The number of aliphatic hydroxyl groups excluding tert-OH is 1. The van der Waals surface area contributed by atoms with Crippen LogP contribution in [0.15, 0.2) is 71.9 Å². The molecule has 3 heterocycles. The minimum atomic E-state index is -0.725. The van der Waals surface area contributed by atoms with E-state index in [1.54, 1.807) is 6.20 Å². The van der Waals surface area contributed by atoms with Gasteiger partial charge in [-0.05, 0) is 73.4 Å². The molecule has 0 saturated carbocycles. The third-order valence-corrected chi connectivity index (χ3v) is 7.46. The van der Waals surface area contributed by atoms with Crippen LogP contribution in [0.5, 0.6) is 0 Å². The number of pyridine rings is 2. The standard InChI is InChI=1S/C30H28N4O2S/c1-19(2)37-23-8-6-22(7-9-23)33-28-17-24-21(18-32-28)12-14-31-26(24)11-5-20-4-10-25-27(16-20)34-29(36)30(25,3)13-15-35/h4,6-10,12,14,16-19,35H,13,15H2,1-3H3,(H,32,33)(H,34,36). The summed E-state index contributed by atoms with van der Waals surface area (Å²) in [7, 11) is 0. The second-order valence-corrected chi connectivity index (χ2v) is 11.2. The zero-order valence-corrected chi connectivity index (χ0v) is 21.8. The van der Waals surface area contributed by atoms with E-state index in [2.05, 4.69) is 70.6 Å². The zero-order chi connectivity index (χ0) is 26.0. The molecule has 1 amide bonds. The number of carbonyl (C=O) groups is 1. The first-order valence-electron chi connectivity index (χ1n) is 12.2. The van der Waals surface area contributed by atoms with Gasteiger partial charge in [0.25, 0.3) is 0 Å². The predicted molar refractivity (Wildman–Crippen MR) is 150 cm³/mol. The van der Waals surface area contributed by atoms with Crippen molar-refractivity contribution >= 4 is 45.6 Å². The summed E-state index contributed by atoms with van der Waals surface area (Å²) in [5.41, 5.74) is 3.30. The molecule has 1 atom stereocenters. The number of hydrogen-bond donors (Lipinski definition) is 3. The molecule has 7 heteroatoms. The number of carbonyl (C=O) groups excluding carboxylic acids is 1. The van der Waals surface area contributed by atoms with Gasteiger partial charge < -0.3 is 15.7 Å². The average Bonchev–Trinajstić information content (AvgIpc) is 3.12. The van der Waals surface area contributed by atoms with Crippen LogP contribution >= 0.6 is 11.8 Å². The Kier molecular flexibility index (Phi) is 6.88. The summed E-state index contributed by atoms with van der Waals surface area (Å²) in [6.07, 6.45) is 3.93. The Labute approximate surface area is 220 Å². The van der Waals surface area contributed by atoms with Crippen molar-refractivity contribution in [1.82, 2.24) is 9.97 Å². The SMILES string of the molecule is CC(C)Sc1ccc(Nc2cc3c(C#Cc4ccc5c(c4)NC(=O)C5(C)CCO)nccc3cn2)cc1. The molecule has 2 aromatic carbocycles. The number of hydrogen-bond acceptors (Lipinski definition) is 6. The van der Waals surface area contributed by atoms with Crippen LogP contribution in [-0.2, 0) is 10.2 Å². The highest BCUT2D eigenvalue weighted by Gasteiger charge is 2.41. The number of benzene rings is 2. The summed E-state index contributed by atoms with van der Waals surface area (Å²) in [6, 6.07) is 17.9. The number of amides is 1. The highest BCUT2D eigenvalue weighted by Crippen LogP contribution is 2.40. The number of anilines is 3. The number of nitrogens with one attached hydrogen (secondary N) is 2. The molecule has 3 N–H and O–H groups in total. The van der Waals surface area contributed by atoms with Crippen LogP contribution in [0.2, 0.25) is 0 Å². The molecule has 0 radical (unpaired) electrons. The van der Waals surface area contributed by atoms with E-state index in [0.29, 0.717) is 17.4 Å². The van der Waals surface area contributed by atoms with Crippen LogP contribution in [0, 0.1) is 11.8 Å². The maximum absolute atomic E-state index is 12.5. The molecule has 6 nitrogen and oxygen atoms in total. The number of fused-ring (bicyclic) bond motifs is 2. The fourth-order valence-electron chi connectivity index (χ4n) is 4.46. The fourth-order valence-corrected chi connectivity index (χ4v) is 5.30. The van der Waals surface area contributed by atoms with E-state index in [1.807, 2.05) is 55.2 Å². The van der Waals surface area contributed by atoms with Crippen molar-refractivity contribution in [3.63, 3.8) is 0 Å². The molecule has 1 unspecified atom stereocenters. The van der Waals surface area contributed by atoms with Crippen molar-refractivity contribution in [1.29, 1.82) is 0 Å². The highest BCUT2D eigenvalue weighted by atomic mass is 32.2. The molecule has 186 valence electrons. The number of aromatic nitrogens is 2. The fraction of sp³-hybridized carbons (Fsp3) is 0.233. The molecule has 37 heavy (non-hydrogen) atoms. The Morgan fingerprint density at radius 3 is 2.65 bits per heavy atom. The van der Waals surface area contributed by atoms with Crippen LogP contribution in [-0.4, -0.2) is 32.8 Å². The maximum atomic E-state index is 12.5. The lowest BCUT2D eigenvalue weighted by Crippen LogP contribution is -2.31. The van der Waals surface area contributed by atoms with E-state index in [4.69, 9.17) is 0 Å². The minimum absolute atomic E-state index is 0.0497. The molecule has 2 aromatic heterocycles. The number of thioether (sulfide) groups is 1. The van der Waals surface area contributed by atoms with E-state index in [-0.39, 0.29) is 12.5 Å². The second-order valence-electron chi connectivity index (χ2n) is 9.54. The van der Waals surface area contributed by atoms with Crippen molar-refractivity contribution in [2.24, 2.45) is 0 Å². The second kappa shape index (κ2) is 10.3. The Hall–Kier alpha value is -3.86. The summed E-state index contributed by atoms with van der Waals surface area (Å²) in [5.74, 6) is 7.01. The first-order chi connectivity index (χ1) is 17.9. The molecule has 4 aromatic rings. The monoisotopic (exact) mass is 508 g/mol. The van der Waals surface area contributed by atoms with Crippen molar-refractivity contribution in [3.05, 3.63) is 83.8 Å². The Morgan fingerprint density at radius 1 is 1.08 bits per heavy atom. The van der Waals surface area contributed by atoms with Gasteiger partial charge in [0.1, 0.15) is 11.5 Å². The molecule has 5 rings (SSSR count). The molecule has 0 bridgehead atoms. The molecular weight excluding hydrogens is 480 g/mol. The quantitative estimate of drug-likeness (QED) is 0.223. The van der Waals surface area contributed by atoms with Crippen LogP contribution < -0.4 is 10.6 Å². The lowest BCUT2D eigenvalue weighted by Gasteiger charge is -2.20. The summed E-state index contributed by atoms with van der Waals surface area (Å²) in [6.45, 7) is 6.17. The van der Waals surface area contributed by atoms with Gasteiger partial charge in [0.2, 0.25) is 5.91 Å². The van der Waals surface area contributed by atoms with Crippen molar-refractivity contribution < 1.29 is 9.90 Å². The average molecular weight is 509 g/mol. The van der Waals surface area contributed by atoms with Crippen LogP contribution in [0.25, 0.3) is 10.8 Å². The van der Waals surface area contributed by atoms with Crippen molar-refractivity contribution in [2.75, 3.05) is 17.2 Å². The van der Waals surface area contributed by atoms with E-state index < -0.39 is 5.41 Å². The topological polar surface area (TPSA) is 87.1 Å². The van der Waals surface area contributed by atoms with Gasteiger partial charge in [0.15, 0.2) is 0 Å².